The van der Waals surface area contributed by atoms with Gasteiger partial charge >= 0.3 is 11.9 Å². The van der Waals surface area contributed by atoms with E-state index in [-0.39, 0.29) is 16.7 Å². The predicted octanol–water partition coefficient (Wildman–Crippen LogP) is 2.02. The third-order valence-corrected chi connectivity index (χ3v) is 2.90. The van der Waals surface area contributed by atoms with Gasteiger partial charge in [0.2, 0.25) is 0 Å². The number of hydrogen-bond donors (Lipinski definition) is 3. The molecule has 0 heterocycles. The van der Waals surface area contributed by atoms with Crippen LogP contribution in [0.25, 0.3) is 0 Å². The quantitative estimate of drug-likeness (QED) is 0.741. The first-order valence-electron chi connectivity index (χ1n) is 5.85. The summed E-state index contributed by atoms with van der Waals surface area (Å²) in [5, 5.41) is 27.8. The summed E-state index contributed by atoms with van der Waals surface area (Å²) < 4.78 is 0. The number of aromatic carboxylic acids is 2. The summed E-state index contributed by atoms with van der Waals surface area (Å²) in [5.74, 6) is -4.09. The first-order valence-corrected chi connectivity index (χ1v) is 5.85. The summed E-state index contributed by atoms with van der Waals surface area (Å²) >= 11 is 0. The van der Waals surface area contributed by atoms with Crippen LogP contribution in [-0.4, -0.2) is 33.0 Å². The topological polar surface area (TPSA) is 112 Å². The van der Waals surface area contributed by atoms with Crippen LogP contribution >= 0.6 is 0 Å². The number of hydrogen-bond acceptors (Lipinski definition) is 4. The molecule has 0 spiro atoms. The van der Waals surface area contributed by atoms with Gasteiger partial charge in [0, 0.05) is 11.1 Å². The smallest absolute Gasteiger partial charge is 0.340 e. The van der Waals surface area contributed by atoms with Crippen LogP contribution in [0.15, 0.2) is 42.5 Å². The molecule has 6 nitrogen and oxygen atoms in total. The van der Waals surface area contributed by atoms with Crippen molar-refractivity contribution in [1.29, 1.82) is 0 Å². The van der Waals surface area contributed by atoms with Crippen molar-refractivity contribution in [3.05, 3.63) is 64.7 Å². The van der Waals surface area contributed by atoms with E-state index in [9.17, 15) is 19.5 Å². The predicted molar refractivity (Wildman–Crippen MR) is 71.9 cm³/mol. The summed E-state index contributed by atoms with van der Waals surface area (Å²) in [7, 11) is 0. The molecule has 6 heteroatoms. The Hall–Kier alpha value is -3.15. The maximum atomic E-state index is 12.4. The molecule has 0 saturated heterocycles. The lowest BCUT2D eigenvalue weighted by atomic mass is 9.94. The van der Waals surface area contributed by atoms with E-state index in [0.29, 0.717) is 0 Å². The Labute approximate surface area is 118 Å². The molecule has 106 valence electrons. The number of aromatic hydroxyl groups is 1. The molecule has 0 aliphatic rings. The zero-order valence-corrected chi connectivity index (χ0v) is 10.6. The molecule has 0 aliphatic carbocycles. The van der Waals surface area contributed by atoms with Crippen molar-refractivity contribution in [2.75, 3.05) is 0 Å². The van der Waals surface area contributed by atoms with Crippen molar-refractivity contribution in [3.63, 3.8) is 0 Å². The van der Waals surface area contributed by atoms with Crippen LogP contribution in [0.1, 0.15) is 36.6 Å². The highest BCUT2D eigenvalue weighted by Crippen LogP contribution is 2.24. The van der Waals surface area contributed by atoms with Gasteiger partial charge in [-0.05, 0) is 18.2 Å². The van der Waals surface area contributed by atoms with Crippen LogP contribution in [0.2, 0.25) is 0 Å². The van der Waals surface area contributed by atoms with Crippen molar-refractivity contribution in [1.82, 2.24) is 0 Å². The van der Waals surface area contributed by atoms with E-state index >= 15 is 0 Å². The van der Waals surface area contributed by atoms with Gasteiger partial charge in [0.25, 0.3) is 0 Å². The zero-order valence-electron chi connectivity index (χ0n) is 10.6. The molecule has 0 radical (unpaired) electrons. The van der Waals surface area contributed by atoms with E-state index in [1.54, 1.807) is 0 Å². The Morgan fingerprint density at radius 2 is 1.29 bits per heavy atom. The second-order valence-corrected chi connectivity index (χ2v) is 4.18. The molecule has 3 N–H and O–H groups in total. The lowest BCUT2D eigenvalue weighted by molar-refractivity contribution is 0.0684. The van der Waals surface area contributed by atoms with Crippen LogP contribution in [0.5, 0.6) is 5.75 Å². The molecule has 21 heavy (non-hydrogen) atoms. The number of carbonyl (C=O) groups excluding carboxylic acids is 1. The molecule has 0 aromatic heterocycles. The Morgan fingerprint density at radius 1 is 0.714 bits per heavy atom. The fraction of sp³-hybridized carbons (Fsp3) is 0. The van der Waals surface area contributed by atoms with E-state index in [1.165, 1.54) is 36.4 Å². The second-order valence-electron chi connectivity index (χ2n) is 4.18. The number of carboxylic acid groups (broad SMARTS) is 2. The molecule has 0 atom stereocenters. The van der Waals surface area contributed by atoms with Gasteiger partial charge in [-0.2, -0.15) is 0 Å². The maximum absolute atomic E-state index is 12.4. The highest BCUT2D eigenvalue weighted by atomic mass is 16.4. The third-order valence-electron chi connectivity index (χ3n) is 2.90. The number of ketones is 1. The van der Waals surface area contributed by atoms with E-state index in [2.05, 4.69) is 0 Å². The van der Waals surface area contributed by atoms with Gasteiger partial charge in [-0.3, -0.25) is 4.79 Å². The number of phenols is 1. The monoisotopic (exact) mass is 286 g/mol. The van der Waals surface area contributed by atoms with Crippen LogP contribution in [0, 0.1) is 0 Å². The van der Waals surface area contributed by atoms with Gasteiger partial charge in [-0.25, -0.2) is 9.59 Å². The molecule has 0 amide bonds. The Morgan fingerprint density at radius 3 is 1.86 bits per heavy atom. The standard InChI is InChI=1S/C15H10O6/c16-11-7-3-6-10(12(11)15(20)21)13(17)8-4-1-2-5-9(8)14(18)19/h1-7,16H,(H,18,19)(H,20,21). The summed E-state index contributed by atoms with van der Waals surface area (Å²) in [6.07, 6.45) is 0. The van der Waals surface area contributed by atoms with Crippen molar-refractivity contribution in [2.24, 2.45) is 0 Å². The lowest BCUT2D eigenvalue weighted by Crippen LogP contribution is -2.13. The highest BCUT2D eigenvalue weighted by Gasteiger charge is 2.24. The van der Waals surface area contributed by atoms with Crippen molar-refractivity contribution in [2.45, 2.75) is 0 Å². The minimum atomic E-state index is -1.47. The average molecular weight is 286 g/mol. The normalized spacial score (nSPS) is 10.1. The first kappa shape index (κ1) is 14.3. The van der Waals surface area contributed by atoms with Gasteiger partial charge < -0.3 is 15.3 Å². The first-order chi connectivity index (χ1) is 9.93. The van der Waals surface area contributed by atoms with E-state index < -0.39 is 29.0 Å². The number of benzene rings is 2. The van der Waals surface area contributed by atoms with Gasteiger partial charge in [-0.1, -0.05) is 24.3 Å². The van der Waals surface area contributed by atoms with Crippen LogP contribution in [-0.2, 0) is 0 Å². The maximum Gasteiger partial charge on any atom is 0.340 e. The van der Waals surface area contributed by atoms with Crippen LogP contribution in [0.3, 0.4) is 0 Å². The van der Waals surface area contributed by atoms with Gasteiger partial charge in [0.1, 0.15) is 11.3 Å². The largest absolute Gasteiger partial charge is 0.507 e. The molecule has 0 saturated carbocycles. The molecule has 2 aromatic carbocycles. The zero-order chi connectivity index (χ0) is 15.6. The third kappa shape index (κ3) is 2.59. The van der Waals surface area contributed by atoms with E-state index in [0.717, 1.165) is 6.07 Å². The fourth-order valence-electron chi connectivity index (χ4n) is 1.97. The molecule has 0 unspecified atom stereocenters. The number of carboxylic acids is 2. The number of rotatable bonds is 4. The second kappa shape index (κ2) is 5.46. The Kier molecular flexibility index (Phi) is 3.71. The molecule has 0 bridgehead atoms. The Bertz CT molecular complexity index is 748. The molecular formula is C15H10O6. The van der Waals surface area contributed by atoms with E-state index in [1.807, 2.05) is 0 Å². The lowest BCUT2D eigenvalue weighted by Gasteiger charge is -2.09. The molecule has 0 fully saturated rings. The van der Waals surface area contributed by atoms with Gasteiger partial charge in [0.15, 0.2) is 5.78 Å². The van der Waals surface area contributed by atoms with Crippen molar-refractivity contribution < 1.29 is 29.7 Å². The molecule has 0 aliphatic heterocycles. The van der Waals surface area contributed by atoms with Crippen LogP contribution in [0.4, 0.5) is 0 Å². The summed E-state index contributed by atoms with van der Waals surface area (Å²) in [6.45, 7) is 0. The summed E-state index contributed by atoms with van der Waals surface area (Å²) in [4.78, 5) is 34.7. The van der Waals surface area contributed by atoms with Gasteiger partial charge in [0.05, 0.1) is 5.56 Å². The fourth-order valence-corrected chi connectivity index (χ4v) is 1.97. The average Bonchev–Trinajstić information content (AvgIpc) is 2.45. The highest BCUT2D eigenvalue weighted by molar-refractivity contribution is 6.18. The summed E-state index contributed by atoms with van der Waals surface area (Å²) in [6, 6.07) is 9.16. The number of carbonyl (C=O) groups is 3. The van der Waals surface area contributed by atoms with Crippen LogP contribution < -0.4 is 0 Å². The molecular weight excluding hydrogens is 276 g/mol. The Balaban J connectivity index is 2.64. The van der Waals surface area contributed by atoms with Crippen molar-refractivity contribution >= 4 is 17.7 Å². The molecule has 2 rings (SSSR count). The van der Waals surface area contributed by atoms with E-state index in [4.69, 9.17) is 10.2 Å². The molecule has 2 aromatic rings. The SMILES string of the molecule is O=C(O)c1ccccc1C(=O)c1cccc(O)c1C(=O)O. The minimum absolute atomic E-state index is 0.141. The minimum Gasteiger partial charge on any atom is -0.507 e. The van der Waals surface area contributed by atoms with Gasteiger partial charge in [-0.15, -0.1) is 0 Å². The summed E-state index contributed by atoms with van der Waals surface area (Å²) in [5.41, 5.74) is -1.20. The van der Waals surface area contributed by atoms with Crippen molar-refractivity contribution in [3.8, 4) is 5.75 Å².